The first-order valence-electron chi connectivity index (χ1n) is 22.4. The first-order chi connectivity index (χ1) is 31.5. The third kappa shape index (κ3) is 14.7. The molecule has 1 aliphatic rings. The summed E-state index contributed by atoms with van der Waals surface area (Å²) < 4.78 is 27.5. The molecule has 0 amide bonds. The van der Waals surface area contributed by atoms with E-state index in [9.17, 15) is 23.5 Å². The quantitative estimate of drug-likeness (QED) is 0.0943. The lowest BCUT2D eigenvalue weighted by Gasteiger charge is -2.25. The van der Waals surface area contributed by atoms with Gasteiger partial charge >= 0.3 is 11.9 Å². The number of hydrogen-bond donors (Lipinski definition) is 2. The Morgan fingerprint density at radius 3 is 1.29 bits per heavy atom. The molecule has 1 fully saturated rings. The lowest BCUT2D eigenvalue weighted by molar-refractivity contribution is 0.0680. The van der Waals surface area contributed by atoms with Crippen LogP contribution in [-0.2, 0) is 25.9 Å². The molecule has 0 spiro atoms. The molecular weight excluding hydrogens is 815 g/mol. The number of hydrogen-bond acceptors (Lipinski definition) is 4. The van der Waals surface area contributed by atoms with Crippen molar-refractivity contribution in [3.05, 3.63) is 201 Å². The Morgan fingerprint density at radius 1 is 0.538 bits per heavy atom. The summed E-state index contributed by atoms with van der Waals surface area (Å²) >= 11 is 0. The predicted octanol–water partition coefficient (Wildman–Crippen LogP) is 12.6. The summed E-state index contributed by atoms with van der Waals surface area (Å²) in [6, 6.07) is 41.4. The summed E-state index contributed by atoms with van der Waals surface area (Å²) in [5.41, 5.74) is 9.49. The number of aromatic carboxylic acids is 2. The molecule has 6 aromatic rings. The highest BCUT2D eigenvalue weighted by Crippen LogP contribution is 2.33. The van der Waals surface area contributed by atoms with Gasteiger partial charge in [-0.3, -0.25) is 0 Å². The van der Waals surface area contributed by atoms with E-state index < -0.39 is 23.6 Å². The topological polar surface area (TPSA) is 81.1 Å². The lowest BCUT2D eigenvalue weighted by atomic mass is 10.1. The van der Waals surface area contributed by atoms with Crippen LogP contribution in [0.25, 0.3) is 0 Å². The molecule has 8 heteroatoms. The minimum atomic E-state index is -1.27. The van der Waals surface area contributed by atoms with Gasteiger partial charge < -0.3 is 20.0 Å². The molecule has 6 nitrogen and oxygen atoms in total. The number of carboxylic acid groups (broad SMARTS) is 2. The van der Waals surface area contributed by atoms with Gasteiger partial charge in [0.15, 0.2) is 0 Å². The highest BCUT2D eigenvalue weighted by Gasteiger charge is 2.25. The lowest BCUT2D eigenvalue weighted by Crippen LogP contribution is -2.25. The fourth-order valence-electron chi connectivity index (χ4n) is 7.19. The monoisotopic (exact) mass is 870 g/mol. The van der Waals surface area contributed by atoms with Crippen molar-refractivity contribution in [2.24, 2.45) is 5.92 Å². The van der Waals surface area contributed by atoms with E-state index in [0.29, 0.717) is 24.7 Å². The van der Waals surface area contributed by atoms with Gasteiger partial charge in [-0.15, -0.1) is 0 Å². The zero-order chi connectivity index (χ0) is 46.1. The molecule has 0 atom stereocenters. The van der Waals surface area contributed by atoms with Gasteiger partial charge in [0.2, 0.25) is 0 Å². The highest BCUT2D eigenvalue weighted by molar-refractivity contribution is 5.89. The second-order valence-corrected chi connectivity index (χ2v) is 16.6. The van der Waals surface area contributed by atoms with Crippen LogP contribution in [0.5, 0.6) is 0 Å². The molecule has 0 aromatic heterocycles. The van der Waals surface area contributed by atoms with Crippen LogP contribution in [0.1, 0.15) is 118 Å². The van der Waals surface area contributed by atoms with Crippen molar-refractivity contribution in [1.82, 2.24) is 0 Å². The van der Waals surface area contributed by atoms with Crippen molar-refractivity contribution in [3.8, 4) is 23.7 Å². The van der Waals surface area contributed by atoms with Crippen LogP contribution < -0.4 is 9.80 Å². The van der Waals surface area contributed by atoms with Crippen LogP contribution in [0.3, 0.4) is 0 Å². The Labute approximate surface area is 382 Å². The number of rotatable bonds is 16. The summed E-state index contributed by atoms with van der Waals surface area (Å²) in [6.45, 7) is 6.43. The second kappa shape index (κ2) is 23.5. The largest absolute Gasteiger partial charge is 0.478 e. The van der Waals surface area contributed by atoms with Crippen LogP contribution in [0.4, 0.5) is 20.2 Å². The smallest absolute Gasteiger partial charge is 0.338 e. The van der Waals surface area contributed by atoms with E-state index in [2.05, 4.69) is 103 Å². The highest BCUT2D eigenvalue weighted by atomic mass is 19.1. The zero-order valence-electron chi connectivity index (χ0n) is 37.4. The van der Waals surface area contributed by atoms with Crippen LogP contribution in [0.2, 0.25) is 0 Å². The molecule has 1 saturated carbocycles. The average molecular weight is 871 g/mol. The van der Waals surface area contributed by atoms with Crippen molar-refractivity contribution in [2.75, 3.05) is 23.4 Å². The fraction of sp³-hybridized carbons (Fsp3) is 0.263. The molecule has 65 heavy (non-hydrogen) atoms. The number of carboxylic acids is 2. The molecular formula is C57H56F2N2O4. The first-order valence-corrected chi connectivity index (χ1v) is 22.4. The summed E-state index contributed by atoms with van der Waals surface area (Å²) in [5, 5.41) is 18.4. The van der Waals surface area contributed by atoms with Crippen molar-refractivity contribution in [1.29, 1.82) is 0 Å². The molecule has 0 unspecified atom stereocenters. The molecule has 7 rings (SSSR count). The van der Waals surface area contributed by atoms with Gasteiger partial charge in [-0.25, -0.2) is 18.4 Å². The number of anilines is 2. The molecule has 0 aliphatic heterocycles. The minimum absolute atomic E-state index is 0.290. The Bertz CT molecular complexity index is 2650. The summed E-state index contributed by atoms with van der Waals surface area (Å²) in [7, 11) is 1.84. The molecule has 332 valence electrons. The molecule has 1 aliphatic carbocycles. The maximum atomic E-state index is 13.9. The van der Waals surface area contributed by atoms with E-state index in [4.69, 9.17) is 5.11 Å². The van der Waals surface area contributed by atoms with E-state index >= 15 is 0 Å². The third-order valence-corrected chi connectivity index (χ3v) is 11.3. The summed E-state index contributed by atoms with van der Waals surface area (Å²) in [5.74, 6) is 9.51. The third-order valence-electron chi connectivity index (χ3n) is 11.3. The SMILES string of the molecule is CCCCc1ccc(C#Cc2ccc(CN(C)c3ccc(F)c(C(=O)O)c3)cc2)cc1.CCCCc1ccc(C#Cc2ccc(CN(CC3CC3)c3ccc(F)c(C(=O)O)c3)cc2)cc1. The average Bonchev–Trinajstić information content (AvgIpc) is 4.15. The van der Waals surface area contributed by atoms with E-state index in [1.54, 1.807) is 12.1 Å². The van der Waals surface area contributed by atoms with Crippen LogP contribution in [0, 0.1) is 41.2 Å². The van der Waals surface area contributed by atoms with Gasteiger partial charge in [0.05, 0.1) is 11.1 Å². The standard InChI is InChI=1S/C30H30FNO2.C27H26FNO2/c1-2-3-4-22-5-7-23(8-6-22)9-10-24-11-13-25(14-12-24)20-32(21-26-15-16-26)27-17-18-29(31)28(19-27)30(33)34;1-3-4-5-20-6-8-21(9-7-20)10-11-22-12-14-23(15-13-22)19-29(2)24-16-17-26(28)25(18-24)27(30)31/h5-8,11-14,17-19,26H,2-4,15-16,20-21H2,1H3,(H,33,34);6-9,12-18H,3-5,19H2,1-2H3,(H,30,31). The molecule has 0 heterocycles. The number of carbonyl (C=O) groups is 2. The van der Waals surface area contributed by atoms with Crippen LogP contribution in [0.15, 0.2) is 133 Å². The first kappa shape index (κ1) is 47.3. The Morgan fingerprint density at radius 2 is 0.908 bits per heavy atom. The number of unbranched alkanes of at least 4 members (excludes halogenated alkanes) is 2. The van der Waals surface area contributed by atoms with Gasteiger partial charge in [-0.1, -0.05) is 98.9 Å². The zero-order valence-corrected chi connectivity index (χ0v) is 37.4. The molecule has 0 bridgehead atoms. The van der Waals surface area contributed by atoms with Crippen molar-refractivity contribution >= 4 is 23.3 Å². The summed E-state index contributed by atoms with van der Waals surface area (Å²) in [6.07, 6.45) is 9.37. The Hall–Kier alpha value is -7.16. The fourth-order valence-corrected chi connectivity index (χ4v) is 7.19. The number of nitrogens with zero attached hydrogens (tertiary/aromatic N) is 2. The normalized spacial score (nSPS) is 11.5. The number of halogens is 2. The van der Waals surface area contributed by atoms with Gasteiger partial charge in [0.1, 0.15) is 11.6 Å². The van der Waals surface area contributed by atoms with Crippen LogP contribution in [-0.4, -0.2) is 35.7 Å². The van der Waals surface area contributed by atoms with Crippen molar-refractivity contribution < 1.29 is 28.6 Å². The van der Waals surface area contributed by atoms with Gasteiger partial charge in [0.25, 0.3) is 0 Å². The molecule has 0 radical (unpaired) electrons. The van der Waals surface area contributed by atoms with Crippen LogP contribution >= 0.6 is 0 Å². The second-order valence-electron chi connectivity index (χ2n) is 16.6. The van der Waals surface area contributed by atoms with E-state index in [0.717, 1.165) is 58.5 Å². The van der Waals surface area contributed by atoms with Gasteiger partial charge in [-0.05, 0) is 152 Å². The predicted molar refractivity (Wildman–Crippen MR) is 258 cm³/mol. The molecule has 0 saturated heterocycles. The Kier molecular flexibility index (Phi) is 17.1. The number of aryl methyl sites for hydroxylation is 2. The maximum Gasteiger partial charge on any atom is 0.338 e. The molecule has 6 aromatic carbocycles. The molecule has 2 N–H and O–H groups in total. The van der Waals surface area contributed by atoms with Crippen molar-refractivity contribution in [2.45, 2.75) is 78.3 Å². The van der Waals surface area contributed by atoms with Gasteiger partial charge in [-0.2, -0.15) is 0 Å². The minimum Gasteiger partial charge on any atom is -0.478 e. The van der Waals surface area contributed by atoms with E-state index in [1.807, 2.05) is 48.3 Å². The van der Waals surface area contributed by atoms with E-state index in [-0.39, 0.29) is 11.1 Å². The van der Waals surface area contributed by atoms with E-state index in [1.165, 1.54) is 73.9 Å². The summed E-state index contributed by atoms with van der Waals surface area (Å²) in [4.78, 5) is 26.5. The van der Waals surface area contributed by atoms with Gasteiger partial charge in [0, 0.05) is 60.3 Å². The maximum absolute atomic E-state index is 13.9. The number of benzene rings is 6. The van der Waals surface area contributed by atoms with Crippen molar-refractivity contribution in [3.63, 3.8) is 0 Å². The Balaban J connectivity index is 0.000000216.